The van der Waals surface area contributed by atoms with E-state index in [1.807, 2.05) is 18.2 Å². The first-order valence-electron chi connectivity index (χ1n) is 8.64. The van der Waals surface area contributed by atoms with Crippen LogP contribution in [0.25, 0.3) is 21.7 Å². The van der Waals surface area contributed by atoms with Gasteiger partial charge >= 0.3 is 5.63 Å². The van der Waals surface area contributed by atoms with Gasteiger partial charge in [-0.25, -0.2) is 9.78 Å². The number of nitrogens with one attached hydrogen (secondary N) is 1. The van der Waals surface area contributed by atoms with Crippen molar-refractivity contribution < 1.29 is 9.40 Å². The molecule has 3 aromatic rings. The minimum atomic E-state index is -0.376. The van der Waals surface area contributed by atoms with Crippen LogP contribution in [0, 0.1) is 11.3 Å². The fraction of sp³-hybridized carbons (Fsp3) is 0.400. The van der Waals surface area contributed by atoms with Crippen molar-refractivity contribution in [3.63, 3.8) is 0 Å². The third kappa shape index (κ3) is 2.65. The molecule has 5 heteroatoms. The van der Waals surface area contributed by atoms with Gasteiger partial charge in [0.2, 0.25) is 0 Å². The number of hydrogen-bond acceptors (Lipinski definition) is 3. The van der Waals surface area contributed by atoms with Crippen LogP contribution in [0.5, 0.6) is 0 Å². The number of benzene rings is 1. The Balaban J connectivity index is 2.13. The zero-order valence-corrected chi connectivity index (χ0v) is 16.3. The Morgan fingerprint density at radius 1 is 1.28 bits per heavy atom. The maximum atomic E-state index is 12.6. The molecule has 0 amide bonds. The predicted octanol–water partition coefficient (Wildman–Crippen LogP) is 4.26. The van der Waals surface area contributed by atoms with Gasteiger partial charge in [0, 0.05) is 27.2 Å². The largest absolute Gasteiger partial charge is 0.422 e. The maximum absolute atomic E-state index is 12.6. The van der Waals surface area contributed by atoms with Gasteiger partial charge in [-0.15, -0.1) is 0 Å². The second-order valence-corrected chi connectivity index (χ2v) is 9.00. The number of halogens is 1. The molecule has 0 bridgehead atoms. The molecule has 1 aliphatic carbocycles. The number of fused-ring (bicyclic) bond motifs is 5. The summed E-state index contributed by atoms with van der Waals surface area (Å²) in [7, 11) is 0. The predicted molar refractivity (Wildman–Crippen MR) is 104 cm³/mol. The standard InChI is InChI=1S/C20H21BrN2O2/c1-20(2,3)10-4-6-14-12(8-10)16-13-9-11(21)5-7-15(13)25-19(24)17(16)18(22)23-14/h5,7,9-10H,4,6,8H2,1-3H3,(H2,22,23)/p+1/t10-/m1/s1. The van der Waals surface area contributed by atoms with Crippen LogP contribution < -0.4 is 16.3 Å². The first kappa shape index (κ1) is 16.6. The van der Waals surface area contributed by atoms with E-state index in [0.29, 0.717) is 22.7 Å². The lowest BCUT2D eigenvalue weighted by Gasteiger charge is -2.34. The summed E-state index contributed by atoms with van der Waals surface area (Å²) in [6.45, 7) is 6.86. The van der Waals surface area contributed by atoms with Gasteiger partial charge in [0.25, 0.3) is 5.82 Å². The number of anilines is 1. The molecule has 0 unspecified atom stereocenters. The molecule has 2 aromatic heterocycles. The summed E-state index contributed by atoms with van der Waals surface area (Å²) in [4.78, 5) is 15.9. The molecule has 0 saturated carbocycles. The van der Waals surface area contributed by atoms with Crippen molar-refractivity contribution in [1.82, 2.24) is 0 Å². The van der Waals surface area contributed by atoms with Crippen molar-refractivity contribution in [3.05, 3.63) is 44.3 Å². The molecular formula is C20H22BrN2O2+. The van der Waals surface area contributed by atoms with Crippen LogP contribution in [0.2, 0.25) is 0 Å². The van der Waals surface area contributed by atoms with Crippen LogP contribution >= 0.6 is 15.9 Å². The molecule has 1 aromatic carbocycles. The molecular weight excluding hydrogens is 380 g/mol. The van der Waals surface area contributed by atoms with Crippen molar-refractivity contribution in [2.24, 2.45) is 11.3 Å². The summed E-state index contributed by atoms with van der Waals surface area (Å²) in [5, 5.41) is 2.36. The maximum Gasteiger partial charge on any atom is 0.352 e. The number of rotatable bonds is 0. The summed E-state index contributed by atoms with van der Waals surface area (Å²) in [5.74, 6) is 0.966. The Bertz CT molecular complexity index is 1060. The Hall–Kier alpha value is -1.88. The van der Waals surface area contributed by atoms with Gasteiger partial charge in [0.05, 0.1) is 0 Å². The minimum Gasteiger partial charge on any atom is -0.422 e. The SMILES string of the molecule is CC(C)(C)[C@@H]1CCc2[nH+]c(N)c3c(=O)oc4ccc(Br)cc4c3c2C1. The highest BCUT2D eigenvalue weighted by atomic mass is 79.9. The number of nitrogens with two attached hydrogens (primary N) is 1. The third-order valence-electron chi connectivity index (χ3n) is 5.51. The Kier molecular flexibility index (Phi) is 3.69. The van der Waals surface area contributed by atoms with Crippen LogP contribution in [0.1, 0.15) is 38.4 Å². The second-order valence-electron chi connectivity index (χ2n) is 8.08. The highest BCUT2D eigenvalue weighted by molar-refractivity contribution is 9.10. The molecule has 0 spiro atoms. The number of hydrogen-bond donors (Lipinski definition) is 1. The lowest BCUT2D eigenvalue weighted by molar-refractivity contribution is -0.373. The van der Waals surface area contributed by atoms with Crippen LogP contribution in [0.15, 0.2) is 31.9 Å². The van der Waals surface area contributed by atoms with Crippen molar-refractivity contribution in [3.8, 4) is 0 Å². The summed E-state index contributed by atoms with van der Waals surface area (Å²) >= 11 is 3.54. The first-order valence-corrected chi connectivity index (χ1v) is 9.43. The van der Waals surface area contributed by atoms with Gasteiger partial charge in [0.15, 0.2) is 5.39 Å². The smallest absolute Gasteiger partial charge is 0.352 e. The Morgan fingerprint density at radius 3 is 2.76 bits per heavy atom. The molecule has 0 aliphatic heterocycles. The lowest BCUT2D eigenvalue weighted by atomic mass is 9.71. The minimum absolute atomic E-state index is 0.223. The van der Waals surface area contributed by atoms with Crippen LogP contribution in [-0.4, -0.2) is 0 Å². The molecule has 1 aliphatic rings. The summed E-state index contributed by atoms with van der Waals surface area (Å²) in [5.41, 5.74) is 9.02. The fourth-order valence-corrected chi connectivity index (χ4v) is 4.39. The number of H-pyrrole nitrogens is 1. The number of aryl methyl sites for hydroxylation is 1. The molecule has 25 heavy (non-hydrogen) atoms. The zero-order valence-electron chi connectivity index (χ0n) is 14.7. The van der Waals surface area contributed by atoms with Crippen LogP contribution in [0.3, 0.4) is 0 Å². The van der Waals surface area contributed by atoms with Crippen molar-refractivity contribution >= 4 is 43.5 Å². The van der Waals surface area contributed by atoms with Crippen molar-refractivity contribution in [2.75, 3.05) is 5.73 Å². The third-order valence-corrected chi connectivity index (χ3v) is 6.00. The Morgan fingerprint density at radius 2 is 2.04 bits per heavy atom. The number of nitrogen functional groups attached to an aromatic ring is 1. The molecule has 1 atom stereocenters. The van der Waals surface area contributed by atoms with E-state index < -0.39 is 0 Å². The number of pyridine rings is 1. The van der Waals surface area contributed by atoms with E-state index in [-0.39, 0.29) is 11.0 Å². The summed E-state index contributed by atoms with van der Waals surface area (Å²) in [6.07, 6.45) is 3.02. The second kappa shape index (κ2) is 5.56. The van der Waals surface area contributed by atoms with Gasteiger partial charge in [-0.1, -0.05) is 36.7 Å². The summed E-state index contributed by atoms with van der Waals surface area (Å²) in [6, 6.07) is 5.74. The van der Waals surface area contributed by atoms with E-state index >= 15 is 0 Å². The average molecular weight is 402 g/mol. The van der Waals surface area contributed by atoms with E-state index in [1.165, 1.54) is 5.56 Å². The molecule has 2 heterocycles. The molecule has 3 N–H and O–H groups in total. The Labute approximate surface area is 154 Å². The van der Waals surface area contributed by atoms with Crippen molar-refractivity contribution in [2.45, 2.75) is 40.0 Å². The average Bonchev–Trinajstić information content (AvgIpc) is 2.53. The molecule has 0 saturated heterocycles. The molecule has 0 radical (unpaired) electrons. The van der Waals surface area contributed by atoms with E-state index in [4.69, 9.17) is 10.2 Å². The number of aromatic amines is 1. The molecule has 130 valence electrons. The van der Waals surface area contributed by atoms with Gasteiger partial charge < -0.3 is 4.42 Å². The quantitative estimate of drug-likeness (QED) is 0.451. The van der Waals surface area contributed by atoms with Gasteiger partial charge in [-0.2, -0.15) is 0 Å². The van der Waals surface area contributed by atoms with Crippen LogP contribution in [0.4, 0.5) is 5.82 Å². The first-order chi connectivity index (χ1) is 11.8. The monoisotopic (exact) mass is 401 g/mol. The number of aromatic nitrogens is 1. The van der Waals surface area contributed by atoms with Gasteiger partial charge in [0.1, 0.15) is 11.3 Å². The van der Waals surface area contributed by atoms with E-state index in [1.54, 1.807) is 0 Å². The van der Waals surface area contributed by atoms with Crippen molar-refractivity contribution in [1.29, 1.82) is 0 Å². The van der Waals surface area contributed by atoms with E-state index in [0.717, 1.165) is 40.2 Å². The fourth-order valence-electron chi connectivity index (χ4n) is 4.03. The van der Waals surface area contributed by atoms with E-state index in [2.05, 4.69) is 41.7 Å². The molecule has 4 rings (SSSR count). The lowest BCUT2D eigenvalue weighted by Crippen LogP contribution is -2.32. The molecule has 0 fully saturated rings. The topological polar surface area (TPSA) is 70.4 Å². The van der Waals surface area contributed by atoms with Gasteiger partial charge in [-0.3, -0.25) is 5.73 Å². The highest BCUT2D eigenvalue weighted by Gasteiger charge is 2.33. The highest BCUT2D eigenvalue weighted by Crippen LogP contribution is 2.40. The van der Waals surface area contributed by atoms with E-state index in [9.17, 15) is 4.79 Å². The van der Waals surface area contributed by atoms with Crippen LogP contribution in [-0.2, 0) is 12.8 Å². The van der Waals surface area contributed by atoms with Gasteiger partial charge in [-0.05, 0) is 42.4 Å². The molecule has 4 nitrogen and oxygen atoms in total. The summed E-state index contributed by atoms with van der Waals surface area (Å²) < 4.78 is 6.48. The zero-order chi connectivity index (χ0) is 17.9. The normalized spacial score (nSPS) is 17.8.